The zero-order valence-corrected chi connectivity index (χ0v) is 12.9. The van der Waals surface area contributed by atoms with Gasteiger partial charge in [-0.1, -0.05) is 70.3 Å². The van der Waals surface area contributed by atoms with Crippen LogP contribution < -0.4 is 5.32 Å². The van der Waals surface area contributed by atoms with Crippen molar-refractivity contribution in [3.63, 3.8) is 0 Å². The van der Waals surface area contributed by atoms with E-state index in [2.05, 4.69) is 24.1 Å². The van der Waals surface area contributed by atoms with E-state index in [1.54, 1.807) is 0 Å². The SMILES string of the molecule is [C]1NC=CC(C2CCCCCC2)C1C1CCCCCC1. The summed E-state index contributed by atoms with van der Waals surface area (Å²) < 4.78 is 0. The predicted molar refractivity (Wildman–Crippen MR) is 84.9 cm³/mol. The molecule has 0 spiro atoms. The number of rotatable bonds is 2. The fourth-order valence-corrected chi connectivity index (χ4v) is 4.77. The first-order chi connectivity index (χ1) is 9.95. The highest BCUT2D eigenvalue weighted by Gasteiger charge is 2.35. The fraction of sp³-hybridized carbons (Fsp3) is 0.842. The first kappa shape index (κ1) is 14.5. The third kappa shape index (κ3) is 3.59. The monoisotopic (exact) mass is 273 g/mol. The summed E-state index contributed by atoms with van der Waals surface area (Å²) in [5.74, 6) is 3.28. The molecule has 2 radical (unpaired) electrons. The number of hydrogen-bond donors (Lipinski definition) is 1. The molecule has 2 aliphatic carbocycles. The van der Waals surface area contributed by atoms with Gasteiger partial charge in [0.15, 0.2) is 0 Å². The summed E-state index contributed by atoms with van der Waals surface area (Å²) in [4.78, 5) is 0. The van der Waals surface area contributed by atoms with Crippen LogP contribution >= 0.6 is 0 Å². The van der Waals surface area contributed by atoms with Gasteiger partial charge in [-0.25, -0.2) is 0 Å². The molecule has 112 valence electrons. The van der Waals surface area contributed by atoms with Gasteiger partial charge < -0.3 is 5.32 Å². The van der Waals surface area contributed by atoms with E-state index in [1.807, 2.05) is 0 Å². The van der Waals surface area contributed by atoms with E-state index in [0.717, 1.165) is 17.8 Å². The van der Waals surface area contributed by atoms with Gasteiger partial charge in [-0.15, -0.1) is 0 Å². The van der Waals surface area contributed by atoms with Crippen molar-refractivity contribution in [3.05, 3.63) is 18.8 Å². The number of hydrogen-bond acceptors (Lipinski definition) is 1. The van der Waals surface area contributed by atoms with E-state index in [9.17, 15) is 0 Å². The molecule has 1 N–H and O–H groups in total. The smallest absolute Gasteiger partial charge is 0.0919 e. The topological polar surface area (TPSA) is 12.0 Å². The largest absolute Gasteiger partial charge is 0.381 e. The maximum absolute atomic E-state index is 3.65. The number of allylic oxidation sites excluding steroid dienone is 1. The molecule has 2 saturated carbocycles. The normalized spacial score (nSPS) is 34.2. The van der Waals surface area contributed by atoms with Crippen molar-refractivity contribution in [1.82, 2.24) is 5.32 Å². The van der Waals surface area contributed by atoms with Crippen molar-refractivity contribution in [1.29, 1.82) is 0 Å². The molecule has 0 saturated heterocycles. The third-order valence-electron chi connectivity index (χ3n) is 5.92. The van der Waals surface area contributed by atoms with E-state index >= 15 is 0 Å². The molecule has 0 aromatic rings. The second kappa shape index (κ2) is 7.52. The lowest BCUT2D eigenvalue weighted by Gasteiger charge is -2.38. The Bertz CT molecular complexity index is 293. The zero-order valence-electron chi connectivity index (χ0n) is 12.9. The molecule has 2 fully saturated rings. The minimum Gasteiger partial charge on any atom is -0.381 e. The second-order valence-corrected chi connectivity index (χ2v) is 7.25. The van der Waals surface area contributed by atoms with E-state index in [-0.39, 0.29) is 0 Å². The standard InChI is InChI=1S/C19H31N/c1-2-6-10-16(9-5-1)18-13-14-20-15-19(18)17-11-7-3-4-8-12-17/h13-14,16-20H,1-12H2. The summed E-state index contributed by atoms with van der Waals surface area (Å²) in [6.07, 6.45) is 22.1. The Hall–Kier alpha value is -0.460. The van der Waals surface area contributed by atoms with Crippen LogP contribution in [0.15, 0.2) is 12.3 Å². The van der Waals surface area contributed by atoms with E-state index in [1.165, 1.54) is 77.0 Å². The van der Waals surface area contributed by atoms with Crippen molar-refractivity contribution in [3.8, 4) is 0 Å². The van der Waals surface area contributed by atoms with Crippen LogP contribution in [0.5, 0.6) is 0 Å². The highest BCUT2D eigenvalue weighted by molar-refractivity contribution is 5.05. The van der Waals surface area contributed by atoms with Gasteiger partial charge in [0, 0.05) is 0 Å². The molecule has 2 atom stereocenters. The van der Waals surface area contributed by atoms with Crippen molar-refractivity contribution in [2.24, 2.45) is 23.7 Å². The lowest BCUT2D eigenvalue weighted by atomic mass is 9.69. The zero-order chi connectivity index (χ0) is 13.6. The Morgan fingerprint density at radius 3 is 1.85 bits per heavy atom. The van der Waals surface area contributed by atoms with Crippen LogP contribution in [0.3, 0.4) is 0 Å². The average molecular weight is 273 g/mol. The Balaban J connectivity index is 1.68. The molecule has 1 heterocycles. The highest BCUT2D eigenvalue weighted by Crippen LogP contribution is 2.42. The van der Waals surface area contributed by atoms with Crippen molar-refractivity contribution in [2.75, 3.05) is 0 Å². The van der Waals surface area contributed by atoms with Gasteiger partial charge in [-0.3, -0.25) is 0 Å². The lowest BCUT2D eigenvalue weighted by Crippen LogP contribution is -2.34. The molecular formula is C19H31N. The summed E-state index contributed by atoms with van der Waals surface area (Å²) in [6.45, 7) is 3.65. The van der Waals surface area contributed by atoms with Gasteiger partial charge in [-0.2, -0.15) is 0 Å². The van der Waals surface area contributed by atoms with Gasteiger partial charge in [0.05, 0.1) is 6.54 Å². The molecule has 0 amide bonds. The molecule has 20 heavy (non-hydrogen) atoms. The van der Waals surface area contributed by atoms with Crippen molar-refractivity contribution < 1.29 is 0 Å². The summed E-state index contributed by atoms with van der Waals surface area (Å²) in [6, 6.07) is 0. The fourth-order valence-electron chi connectivity index (χ4n) is 4.77. The Morgan fingerprint density at radius 1 is 0.700 bits per heavy atom. The van der Waals surface area contributed by atoms with Crippen LogP contribution in [0.2, 0.25) is 0 Å². The molecule has 0 bridgehead atoms. The van der Waals surface area contributed by atoms with Crippen LogP contribution in [0, 0.1) is 30.2 Å². The first-order valence-corrected chi connectivity index (χ1v) is 9.13. The minimum atomic E-state index is 0.682. The molecule has 0 aromatic carbocycles. The van der Waals surface area contributed by atoms with E-state index < -0.39 is 0 Å². The molecule has 0 aromatic heterocycles. The van der Waals surface area contributed by atoms with Crippen LogP contribution in [0.1, 0.15) is 77.0 Å². The maximum Gasteiger partial charge on any atom is 0.0919 e. The molecule has 3 rings (SSSR count). The molecule has 2 unspecified atom stereocenters. The molecular weight excluding hydrogens is 242 g/mol. The Morgan fingerprint density at radius 2 is 1.25 bits per heavy atom. The van der Waals surface area contributed by atoms with Gasteiger partial charge >= 0.3 is 0 Å². The van der Waals surface area contributed by atoms with Gasteiger partial charge in [0.1, 0.15) is 0 Å². The molecule has 1 nitrogen and oxygen atoms in total. The Labute approximate surface area is 125 Å². The molecule has 1 aliphatic heterocycles. The van der Waals surface area contributed by atoms with Crippen LogP contribution in [0.25, 0.3) is 0 Å². The lowest BCUT2D eigenvalue weighted by molar-refractivity contribution is 0.186. The third-order valence-corrected chi connectivity index (χ3v) is 5.92. The van der Waals surface area contributed by atoms with Crippen LogP contribution in [0.4, 0.5) is 0 Å². The van der Waals surface area contributed by atoms with Gasteiger partial charge in [0.2, 0.25) is 0 Å². The quantitative estimate of drug-likeness (QED) is 0.672. The van der Waals surface area contributed by atoms with E-state index in [4.69, 9.17) is 0 Å². The van der Waals surface area contributed by atoms with Crippen molar-refractivity contribution in [2.45, 2.75) is 77.0 Å². The van der Waals surface area contributed by atoms with Crippen LogP contribution in [-0.4, -0.2) is 0 Å². The molecule has 3 aliphatic rings. The molecule has 1 heteroatoms. The second-order valence-electron chi connectivity index (χ2n) is 7.25. The summed E-state index contributed by atoms with van der Waals surface area (Å²) in [5, 5.41) is 3.31. The minimum absolute atomic E-state index is 0.682. The maximum atomic E-state index is 3.65. The van der Waals surface area contributed by atoms with Gasteiger partial charge in [0.25, 0.3) is 0 Å². The predicted octanol–water partition coefficient (Wildman–Crippen LogP) is 5.32. The first-order valence-electron chi connectivity index (χ1n) is 9.13. The Kier molecular flexibility index (Phi) is 5.44. The average Bonchev–Trinajstić information content (AvgIpc) is 2.92. The van der Waals surface area contributed by atoms with Crippen LogP contribution in [-0.2, 0) is 0 Å². The summed E-state index contributed by atoms with van der Waals surface area (Å²) in [7, 11) is 0. The van der Waals surface area contributed by atoms with E-state index in [0.29, 0.717) is 5.92 Å². The van der Waals surface area contributed by atoms with Gasteiger partial charge in [-0.05, 0) is 42.7 Å². The summed E-state index contributed by atoms with van der Waals surface area (Å²) in [5.41, 5.74) is 0. The number of nitrogens with one attached hydrogen (secondary N) is 1. The highest BCUT2D eigenvalue weighted by atomic mass is 14.9. The van der Waals surface area contributed by atoms with Crippen molar-refractivity contribution >= 4 is 0 Å². The summed E-state index contributed by atoms with van der Waals surface area (Å²) >= 11 is 0.